The molecule has 0 N–H and O–H groups in total. The van der Waals surface area contributed by atoms with Gasteiger partial charge in [0.2, 0.25) is 0 Å². The van der Waals surface area contributed by atoms with Gasteiger partial charge in [-0.05, 0) is 23.8 Å². The highest BCUT2D eigenvalue weighted by Crippen LogP contribution is 2.18. The Morgan fingerprint density at radius 1 is 1.15 bits per heavy atom. The van der Waals surface area contributed by atoms with Crippen LogP contribution in [0.5, 0.6) is 5.75 Å². The van der Waals surface area contributed by atoms with Gasteiger partial charge in [-0.3, -0.25) is 0 Å². The predicted octanol–water partition coefficient (Wildman–Crippen LogP) is 3.21. The molecular weight excluding hydrogens is 360 g/mol. The SMILES string of the molecule is N#CC(=Cc1ccccc1)C(=O)Oc1cccc(C(=S)N2CCOCC2)c1. The Hall–Kier alpha value is -3.01. The van der Waals surface area contributed by atoms with Crippen LogP contribution in [-0.2, 0) is 9.53 Å². The topological polar surface area (TPSA) is 62.6 Å². The lowest BCUT2D eigenvalue weighted by atomic mass is 10.1. The molecule has 2 aromatic rings. The highest BCUT2D eigenvalue weighted by molar-refractivity contribution is 7.80. The van der Waals surface area contributed by atoms with Gasteiger partial charge in [0.25, 0.3) is 0 Å². The van der Waals surface area contributed by atoms with Crippen LogP contribution in [0.15, 0.2) is 60.2 Å². The molecule has 5 nitrogen and oxygen atoms in total. The predicted molar refractivity (Wildman–Crippen MR) is 106 cm³/mol. The van der Waals surface area contributed by atoms with Gasteiger partial charge in [-0.1, -0.05) is 54.7 Å². The number of carbonyl (C=O) groups is 1. The van der Waals surface area contributed by atoms with Crippen molar-refractivity contribution in [3.8, 4) is 11.8 Å². The number of carbonyl (C=O) groups excluding carboxylic acids is 1. The number of esters is 1. The molecule has 0 spiro atoms. The lowest BCUT2D eigenvalue weighted by molar-refractivity contribution is -0.129. The Kier molecular flexibility index (Phi) is 6.31. The molecule has 1 aliphatic rings. The van der Waals surface area contributed by atoms with Crippen LogP contribution >= 0.6 is 12.2 Å². The van der Waals surface area contributed by atoms with E-state index >= 15 is 0 Å². The molecule has 3 rings (SSSR count). The van der Waals surface area contributed by atoms with Gasteiger partial charge in [0.05, 0.1) is 13.2 Å². The van der Waals surface area contributed by atoms with Crippen molar-refractivity contribution in [1.29, 1.82) is 5.26 Å². The Morgan fingerprint density at radius 2 is 1.89 bits per heavy atom. The van der Waals surface area contributed by atoms with Crippen LogP contribution < -0.4 is 4.74 Å². The van der Waals surface area contributed by atoms with Crippen LogP contribution in [0.2, 0.25) is 0 Å². The Morgan fingerprint density at radius 3 is 2.59 bits per heavy atom. The first-order chi connectivity index (χ1) is 13.2. The number of nitriles is 1. The van der Waals surface area contributed by atoms with Gasteiger partial charge in [0.1, 0.15) is 22.4 Å². The van der Waals surface area contributed by atoms with Gasteiger partial charge in [-0.25, -0.2) is 4.79 Å². The molecule has 1 saturated heterocycles. The summed E-state index contributed by atoms with van der Waals surface area (Å²) in [6.07, 6.45) is 1.50. The number of nitrogens with zero attached hydrogens (tertiary/aromatic N) is 2. The molecule has 1 heterocycles. The van der Waals surface area contributed by atoms with Crippen LogP contribution in [0, 0.1) is 11.3 Å². The quantitative estimate of drug-likeness (QED) is 0.268. The van der Waals surface area contributed by atoms with Gasteiger partial charge in [-0.15, -0.1) is 0 Å². The van der Waals surface area contributed by atoms with Gasteiger partial charge in [0.15, 0.2) is 0 Å². The van der Waals surface area contributed by atoms with E-state index in [1.807, 2.05) is 42.5 Å². The van der Waals surface area contributed by atoms with Gasteiger partial charge >= 0.3 is 5.97 Å². The third kappa shape index (κ3) is 5.00. The van der Waals surface area contributed by atoms with Crippen molar-refractivity contribution < 1.29 is 14.3 Å². The molecule has 0 bridgehead atoms. The summed E-state index contributed by atoms with van der Waals surface area (Å²) < 4.78 is 10.7. The summed E-state index contributed by atoms with van der Waals surface area (Å²) in [5.41, 5.74) is 1.48. The normalized spacial score (nSPS) is 14.3. The minimum absolute atomic E-state index is 0.0673. The zero-order chi connectivity index (χ0) is 19.1. The summed E-state index contributed by atoms with van der Waals surface area (Å²) >= 11 is 5.54. The highest BCUT2D eigenvalue weighted by Gasteiger charge is 2.17. The Labute approximate surface area is 163 Å². The fourth-order valence-corrected chi connectivity index (χ4v) is 2.97. The number of benzene rings is 2. The summed E-state index contributed by atoms with van der Waals surface area (Å²) in [5, 5.41) is 9.29. The number of hydrogen-bond donors (Lipinski definition) is 0. The summed E-state index contributed by atoms with van der Waals surface area (Å²) in [7, 11) is 0. The molecule has 0 unspecified atom stereocenters. The summed E-state index contributed by atoms with van der Waals surface area (Å²) in [4.78, 5) is 15.1. The van der Waals surface area contributed by atoms with Crippen molar-refractivity contribution in [3.05, 3.63) is 71.3 Å². The maximum absolute atomic E-state index is 12.4. The molecular formula is C21H18N2O3S. The third-order valence-corrected chi connectivity index (χ3v) is 4.53. The van der Waals surface area contributed by atoms with Crippen molar-refractivity contribution in [2.75, 3.05) is 26.3 Å². The number of thiocarbonyl (C=S) groups is 1. The Bertz CT molecular complexity index is 897. The summed E-state index contributed by atoms with van der Waals surface area (Å²) in [6, 6.07) is 18.1. The average molecular weight is 378 g/mol. The molecule has 0 atom stereocenters. The van der Waals surface area contributed by atoms with Gasteiger partial charge in [0, 0.05) is 18.7 Å². The van der Waals surface area contributed by atoms with Crippen molar-refractivity contribution in [2.45, 2.75) is 0 Å². The van der Waals surface area contributed by atoms with E-state index < -0.39 is 5.97 Å². The molecule has 6 heteroatoms. The second-order valence-corrected chi connectivity index (χ2v) is 6.29. The molecule has 136 valence electrons. The summed E-state index contributed by atoms with van der Waals surface area (Å²) in [6.45, 7) is 2.76. The van der Waals surface area contributed by atoms with Crippen LogP contribution in [0.1, 0.15) is 11.1 Å². The van der Waals surface area contributed by atoms with E-state index in [0.717, 1.165) is 24.2 Å². The van der Waals surface area contributed by atoms with Crippen LogP contribution in [0.25, 0.3) is 6.08 Å². The molecule has 0 saturated carbocycles. The first-order valence-electron chi connectivity index (χ1n) is 8.53. The number of rotatable bonds is 4. The molecule has 0 amide bonds. The fraction of sp³-hybridized carbons (Fsp3) is 0.190. The zero-order valence-corrected chi connectivity index (χ0v) is 15.4. The molecule has 0 radical (unpaired) electrons. The van der Waals surface area contributed by atoms with Crippen molar-refractivity contribution in [1.82, 2.24) is 4.90 Å². The van der Waals surface area contributed by atoms with Crippen LogP contribution in [-0.4, -0.2) is 42.2 Å². The first kappa shape index (κ1) is 18.8. The van der Waals surface area contributed by atoms with Crippen LogP contribution in [0.3, 0.4) is 0 Å². The second kappa shape index (κ2) is 9.08. The fourth-order valence-electron chi connectivity index (χ4n) is 2.66. The van der Waals surface area contributed by atoms with Gasteiger partial charge < -0.3 is 14.4 Å². The van der Waals surface area contributed by atoms with Crippen molar-refractivity contribution >= 4 is 29.3 Å². The van der Waals surface area contributed by atoms with E-state index in [2.05, 4.69) is 4.90 Å². The van der Waals surface area contributed by atoms with E-state index in [-0.39, 0.29) is 5.57 Å². The monoisotopic (exact) mass is 378 g/mol. The van der Waals surface area contributed by atoms with E-state index in [1.54, 1.807) is 18.2 Å². The highest BCUT2D eigenvalue weighted by atomic mass is 32.1. The number of hydrogen-bond acceptors (Lipinski definition) is 5. The van der Waals surface area contributed by atoms with E-state index in [0.29, 0.717) is 24.0 Å². The number of ether oxygens (including phenoxy) is 2. The van der Waals surface area contributed by atoms with Crippen molar-refractivity contribution in [3.63, 3.8) is 0 Å². The maximum Gasteiger partial charge on any atom is 0.354 e. The third-order valence-electron chi connectivity index (χ3n) is 4.04. The molecule has 0 aliphatic carbocycles. The van der Waals surface area contributed by atoms with Crippen LogP contribution in [0.4, 0.5) is 0 Å². The first-order valence-corrected chi connectivity index (χ1v) is 8.94. The van der Waals surface area contributed by atoms with E-state index in [9.17, 15) is 10.1 Å². The largest absolute Gasteiger partial charge is 0.422 e. The minimum Gasteiger partial charge on any atom is -0.422 e. The van der Waals surface area contributed by atoms with Crippen molar-refractivity contribution in [2.24, 2.45) is 0 Å². The number of morpholine rings is 1. The standard InChI is InChI=1S/C21H18N2O3S/c22-15-18(13-16-5-2-1-3-6-16)21(24)26-19-8-4-7-17(14-19)20(27)23-9-11-25-12-10-23/h1-8,13-14H,9-12H2. The lowest BCUT2D eigenvalue weighted by Gasteiger charge is -2.29. The molecule has 1 fully saturated rings. The zero-order valence-electron chi connectivity index (χ0n) is 14.6. The smallest absolute Gasteiger partial charge is 0.354 e. The lowest BCUT2D eigenvalue weighted by Crippen LogP contribution is -2.40. The van der Waals surface area contributed by atoms with E-state index in [1.165, 1.54) is 6.08 Å². The second-order valence-electron chi connectivity index (χ2n) is 5.90. The Balaban J connectivity index is 1.73. The maximum atomic E-state index is 12.4. The van der Waals surface area contributed by atoms with E-state index in [4.69, 9.17) is 21.7 Å². The summed E-state index contributed by atoms with van der Waals surface area (Å²) in [5.74, 6) is -0.349. The molecule has 0 aromatic heterocycles. The molecule has 27 heavy (non-hydrogen) atoms. The minimum atomic E-state index is -0.698. The molecule has 2 aromatic carbocycles. The van der Waals surface area contributed by atoms with Gasteiger partial charge in [-0.2, -0.15) is 5.26 Å². The molecule has 1 aliphatic heterocycles. The average Bonchev–Trinajstić information content (AvgIpc) is 2.73.